The van der Waals surface area contributed by atoms with Crippen LogP contribution in [-0.2, 0) is 42.8 Å². The molecule has 2 heterocycles. The number of halogens is 4. The Morgan fingerprint density at radius 3 is 1.32 bits per heavy atom. The number of aliphatic hydroxyl groups excluding tert-OH is 2. The summed E-state index contributed by atoms with van der Waals surface area (Å²) < 4.78 is 24.1. The average molecular weight is 1230 g/mol. The minimum absolute atomic E-state index is 0.0914. The monoisotopic (exact) mass is 1230 g/mol. The lowest BCUT2D eigenvalue weighted by atomic mass is 9.48. The van der Waals surface area contributed by atoms with Gasteiger partial charge < -0.3 is 50.0 Å². The number of fused-ring (bicyclic) bond motifs is 2. The molecule has 0 spiro atoms. The number of rotatable bonds is 17. The molecule has 2 aliphatic heterocycles. The summed E-state index contributed by atoms with van der Waals surface area (Å²) in [6, 6.07) is 15.9. The molecule has 6 N–H and O–H groups in total. The zero-order chi connectivity index (χ0) is 59.4. The molecule has 16 nitrogen and oxygen atoms in total. The van der Waals surface area contributed by atoms with Crippen LogP contribution in [-0.4, -0.2) is 142 Å². The number of hydrogen-bond acceptors (Lipinski definition) is 14. The smallest absolute Gasteiger partial charge is 0.343 e. The lowest BCUT2D eigenvalue weighted by Gasteiger charge is -2.65. The number of amides is 2. The minimum atomic E-state index is -2.44. The van der Waals surface area contributed by atoms with E-state index in [0.717, 1.165) is 49.9 Å². The molecule has 6 fully saturated rings. The van der Waals surface area contributed by atoms with Gasteiger partial charge in [-0.3, -0.25) is 19.4 Å². The maximum atomic E-state index is 14.1. The van der Waals surface area contributed by atoms with E-state index in [1.54, 1.807) is 62.4 Å². The standard InChI is InChI=1S/C64H74Cl4N4O12/c1-33(37-9-13-43(65)45(67)25-37)57(75)69-41-17-19-63(79)49-27-39-11-15-47(55(81-3)51(39)61(63,29-41)21-23-71(49)31-35-5-6-35)83-59(77)53(73)54(74)60(78)84-48-16-12-40-28-50-64(80)20-18-42(70-58(76)34(2)38-10-14-44(66)46(68)26-38)30-62(64,52(40)56(48)82-4)22-24-72(50)32-36-7-8-36/h9-16,25-26,33-36,41-42,49-50,53-54,73-74,79-80H,5-8,17-24,27-32H2,1-4H3,(H,69,75)(H,70,76)/t33?,34?,41?,42?,49-,50-,53?,54?,61-,62-,63-,64-/m1/s1. The van der Waals surface area contributed by atoms with E-state index in [1.807, 2.05) is 12.1 Å². The van der Waals surface area contributed by atoms with E-state index in [4.69, 9.17) is 65.4 Å². The Kier molecular flexibility index (Phi) is 16.2. The summed E-state index contributed by atoms with van der Waals surface area (Å²) in [5.74, 6) is -2.96. The molecule has 2 amide bonds. The van der Waals surface area contributed by atoms with E-state index in [1.165, 1.54) is 14.2 Å². The Labute approximate surface area is 509 Å². The summed E-state index contributed by atoms with van der Waals surface area (Å²) in [5.41, 5.74) is 0.0402. The molecule has 4 aromatic rings. The number of carbonyl (C=O) groups excluding carboxylic acids is 4. The molecule has 2 saturated heterocycles. The van der Waals surface area contributed by atoms with Crippen LogP contribution in [0.15, 0.2) is 60.7 Å². The van der Waals surface area contributed by atoms with Crippen LogP contribution in [0.4, 0.5) is 0 Å². The van der Waals surface area contributed by atoms with Gasteiger partial charge in [-0.2, -0.15) is 0 Å². The molecule has 12 atom stereocenters. The van der Waals surface area contributed by atoms with Crippen LogP contribution in [0.1, 0.15) is 136 Å². The zero-order valence-corrected chi connectivity index (χ0v) is 50.8. The molecule has 12 rings (SSSR count). The molecular weight excluding hydrogens is 1160 g/mol. The highest BCUT2D eigenvalue weighted by atomic mass is 35.5. The summed E-state index contributed by atoms with van der Waals surface area (Å²) in [6.07, 6.45) is 4.23. The van der Waals surface area contributed by atoms with E-state index in [9.17, 15) is 39.6 Å². The molecule has 6 unspecified atom stereocenters. The number of benzene rings is 4. The molecule has 8 aliphatic rings. The lowest BCUT2D eigenvalue weighted by Crippen LogP contribution is -2.74. The number of methoxy groups -OCH3 is 2. The molecule has 84 heavy (non-hydrogen) atoms. The number of nitrogens with one attached hydrogen (secondary N) is 2. The fraction of sp³-hybridized carbons (Fsp3) is 0.562. The van der Waals surface area contributed by atoms with Gasteiger partial charge in [0.1, 0.15) is 0 Å². The molecule has 4 aromatic carbocycles. The Hall–Kier alpha value is -4.72. The number of likely N-dealkylation sites (tertiary alicyclic amines) is 2. The largest absolute Gasteiger partial charge is 0.493 e. The van der Waals surface area contributed by atoms with Crippen molar-refractivity contribution >= 4 is 70.2 Å². The SMILES string of the molecule is COc1c(OC(=O)C(O)C(O)C(=O)Oc2ccc3c(c2OC)[C@]24CCN(CC5CC5)[C@H](C3)[C@]2(O)CCC(NC(=O)C(C)c2ccc(Cl)c(Cl)c2)C4)ccc2c1[C@]13CCN(CC4CC4)[C@H](C2)[C@]1(O)CCC(NC(=O)C(C)c1ccc(Cl)c(Cl)c1)C3. The van der Waals surface area contributed by atoms with Crippen molar-refractivity contribution in [2.24, 2.45) is 11.8 Å². The van der Waals surface area contributed by atoms with Crippen LogP contribution >= 0.6 is 46.4 Å². The quantitative estimate of drug-likeness (QED) is 0.0432. The fourth-order valence-electron chi connectivity index (χ4n) is 16.0. The molecular formula is C64H74Cl4N4O12. The van der Waals surface area contributed by atoms with Gasteiger partial charge in [-0.1, -0.05) is 70.7 Å². The van der Waals surface area contributed by atoms with Gasteiger partial charge in [0.25, 0.3) is 0 Å². The topological polar surface area (TPSA) is 217 Å². The summed E-state index contributed by atoms with van der Waals surface area (Å²) in [7, 11) is 2.88. The van der Waals surface area contributed by atoms with Gasteiger partial charge in [-0.15, -0.1) is 0 Å². The lowest BCUT2D eigenvalue weighted by molar-refractivity contribution is -0.172. The van der Waals surface area contributed by atoms with Gasteiger partial charge in [-0.05, 0) is 187 Å². The fourth-order valence-corrected chi connectivity index (χ4v) is 16.6. The van der Waals surface area contributed by atoms with Crippen molar-refractivity contribution in [1.82, 2.24) is 20.4 Å². The molecule has 4 bridgehead atoms. The van der Waals surface area contributed by atoms with Crippen LogP contribution in [0.5, 0.6) is 23.0 Å². The number of esters is 2. The Bertz CT molecular complexity index is 3080. The second kappa shape index (κ2) is 22.8. The third kappa shape index (κ3) is 10.3. The predicted octanol–water partition coefficient (Wildman–Crippen LogP) is 8.51. The maximum Gasteiger partial charge on any atom is 0.343 e. The van der Waals surface area contributed by atoms with Crippen molar-refractivity contribution in [2.75, 3.05) is 40.4 Å². The highest BCUT2D eigenvalue weighted by Crippen LogP contribution is 2.64. The molecule has 4 saturated carbocycles. The predicted molar refractivity (Wildman–Crippen MR) is 317 cm³/mol. The first-order valence-electron chi connectivity index (χ1n) is 29.8. The Balaban J connectivity index is 0.794. The maximum absolute atomic E-state index is 14.1. The summed E-state index contributed by atoms with van der Waals surface area (Å²) in [4.78, 5) is 61.1. The molecule has 6 aliphatic carbocycles. The number of ether oxygens (including phenoxy) is 4. The summed E-state index contributed by atoms with van der Waals surface area (Å²) >= 11 is 25.1. The minimum Gasteiger partial charge on any atom is -0.493 e. The van der Waals surface area contributed by atoms with Crippen molar-refractivity contribution in [1.29, 1.82) is 0 Å². The van der Waals surface area contributed by atoms with Crippen LogP contribution in [0.25, 0.3) is 0 Å². The van der Waals surface area contributed by atoms with Gasteiger partial charge in [0.05, 0.1) is 57.3 Å². The van der Waals surface area contributed by atoms with Crippen molar-refractivity contribution in [2.45, 2.75) is 174 Å². The zero-order valence-electron chi connectivity index (χ0n) is 47.7. The second-order valence-corrected chi connectivity index (χ2v) is 27.1. The van der Waals surface area contributed by atoms with Gasteiger partial charge in [0, 0.05) is 59.2 Å². The first-order chi connectivity index (χ1) is 40.1. The second-order valence-electron chi connectivity index (χ2n) is 25.5. The van der Waals surface area contributed by atoms with Crippen LogP contribution < -0.4 is 29.6 Å². The van der Waals surface area contributed by atoms with Gasteiger partial charge >= 0.3 is 11.9 Å². The van der Waals surface area contributed by atoms with Gasteiger partial charge in [0.2, 0.25) is 11.8 Å². The number of hydrogen-bond donors (Lipinski definition) is 6. The van der Waals surface area contributed by atoms with Crippen molar-refractivity contribution < 1.29 is 58.6 Å². The average Bonchev–Trinajstić information content (AvgIpc) is 1.06. The van der Waals surface area contributed by atoms with Crippen LogP contribution in [0.2, 0.25) is 20.1 Å². The van der Waals surface area contributed by atoms with E-state index in [2.05, 4.69) is 20.4 Å². The first-order valence-corrected chi connectivity index (χ1v) is 31.3. The van der Waals surface area contributed by atoms with Crippen molar-refractivity contribution in [3.8, 4) is 23.0 Å². The van der Waals surface area contributed by atoms with Gasteiger partial charge in [0.15, 0.2) is 35.2 Å². The third-order valence-corrected chi connectivity index (χ3v) is 22.3. The molecule has 450 valence electrons. The van der Waals surface area contributed by atoms with Crippen molar-refractivity contribution in [3.05, 3.63) is 114 Å². The van der Waals surface area contributed by atoms with E-state index in [-0.39, 0.29) is 59.0 Å². The van der Waals surface area contributed by atoms with Crippen LogP contribution in [0, 0.1) is 11.8 Å². The van der Waals surface area contributed by atoms with E-state index >= 15 is 0 Å². The Morgan fingerprint density at radius 1 is 0.571 bits per heavy atom. The number of aliphatic hydroxyl groups is 4. The van der Waals surface area contributed by atoms with Gasteiger partial charge in [-0.25, -0.2) is 9.59 Å². The summed E-state index contributed by atoms with van der Waals surface area (Å²) in [5, 5.41) is 57.7. The molecule has 0 radical (unpaired) electrons. The highest BCUT2D eigenvalue weighted by Gasteiger charge is 2.68. The van der Waals surface area contributed by atoms with E-state index < -0.39 is 58.0 Å². The van der Waals surface area contributed by atoms with E-state index in [0.29, 0.717) is 131 Å². The normalized spacial score (nSPS) is 30.2. The first kappa shape index (κ1) is 59.6. The number of carbonyl (C=O) groups is 4. The molecule has 20 heteroatoms. The number of piperidine rings is 2. The summed E-state index contributed by atoms with van der Waals surface area (Å²) in [6.45, 7) is 6.73. The third-order valence-electron chi connectivity index (χ3n) is 20.8. The molecule has 0 aromatic heterocycles. The van der Waals surface area contributed by atoms with Crippen molar-refractivity contribution in [3.63, 3.8) is 0 Å². The number of nitrogens with zero attached hydrogens (tertiary/aromatic N) is 2. The van der Waals surface area contributed by atoms with Crippen LogP contribution in [0.3, 0.4) is 0 Å². The Morgan fingerprint density at radius 2 is 0.964 bits per heavy atom. The highest BCUT2D eigenvalue weighted by molar-refractivity contribution is 6.42.